The molecule has 0 aliphatic carbocycles. The Kier molecular flexibility index (Phi) is 9.89. The van der Waals surface area contributed by atoms with Crippen LogP contribution in [0.3, 0.4) is 0 Å². The zero-order valence-electron chi connectivity index (χ0n) is 16.6. The molecule has 152 valence electrons. The Labute approximate surface area is 174 Å². The zero-order valence-corrected chi connectivity index (χ0v) is 18.7. The molecule has 8 heteroatoms. The summed E-state index contributed by atoms with van der Waals surface area (Å²) < 4.78 is 34.2. The third-order valence-electron chi connectivity index (χ3n) is 3.24. The van der Waals surface area contributed by atoms with Crippen molar-refractivity contribution >= 4 is 28.6 Å². The van der Waals surface area contributed by atoms with Crippen LogP contribution >= 0.6 is 22.6 Å². The average molecular weight is 494 g/mol. The lowest BCUT2D eigenvalue weighted by Gasteiger charge is -2.23. The highest BCUT2D eigenvalue weighted by Crippen LogP contribution is 2.48. The maximum absolute atomic E-state index is 12.0. The normalized spacial score (nSPS) is 12.9. The molecule has 0 saturated carbocycles. The summed E-state index contributed by atoms with van der Waals surface area (Å²) in [5, 5.41) is 0. The number of hydrogen-bond donors (Lipinski definition) is 0. The minimum absolute atomic E-state index is 0.187. The first-order valence-electron chi connectivity index (χ1n) is 8.59. The molecule has 0 N–H and O–H groups in total. The average Bonchev–Trinajstić information content (AvgIpc) is 2.59. The number of benzene rings is 1. The molecule has 1 aromatic carbocycles. The summed E-state index contributed by atoms with van der Waals surface area (Å²) in [5.74, 6) is 0.523. The van der Waals surface area contributed by atoms with E-state index >= 15 is 0 Å². The fourth-order valence-electron chi connectivity index (χ4n) is 2.11. The third kappa shape index (κ3) is 6.86. The number of halogens is 1. The van der Waals surface area contributed by atoms with Crippen LogP contribution in [0.2, 0.25) is 0 Å². The second kappa shape index (κ2) is 11.4. The molecule has 0 aromatic heterocycles. The van der Waals surface area contributed by atoms with E-state index in [-0.39, 0.29) is 22.8 Å². The van der Waals surface area contributed by atoms with Gasteiger partial charge < -0.3 is 28.4 Å². The molecule has 2 atom stereocenters. The maximum atomic E-state index is 12.0. The molecular formula is C19H27IO7. The van der Waals surface area contributed by atoms with E-state index in [2.05, 4.69) is 29.2 Å². The zero-order chi connectivity index (χ0) is 20.6. The van der Waals surface area contributed by atoms with Gasteiger partial charge in [-0.1, -0.05) is 6.58 Å². The molecular weight excluding hydrogens is 467 g/mol. The number of methoxy groups -OCH3 is 1. The van der Waals surface area contributed by atoms with E-state index in [1.165, 1.54) is 7.11 Å². The SMILES string of the molecule is C=C(C)C(=O)Oc1cc(I)c(OC(C)OCC)c(OC)c1OC(C)OCC. The molecule has 2 unspecified atom stereocenters. The van der Waals surface area contributed by atoms with Crippen LogP contribution in [-0.2, 0) is 14.3 Å². The Morgan fingerprint density at radius 3 is 2.04 bits per heavy atom. The van der Waals surface area contributed by atoms with Crippen LogP contribution in [0.15, 0.2) is 18.2 Å². The van der Waals surface area contributed by atoms with Gasteiger partial charge in [0.15, 0.2) is 24.1 Å². The largest absolute Gasteiger partial charge is 0.490 e. The van der Waals surface area contributed by atoms with Crippen molar-refractivity contribution in [3.8, 4) is 23.0 Å². The summed E-state index contributed by atoms with van der Waals surface area (Å²) >= 11 is 2.07. The quantitative estimate of drug-likeness (QED) is 0.149. The second-order valence-corrected chi connectivity index (χ2v) is 6.66. The number of ether oxygens (including phenoxy) is 6. The van der Waals surface area contributed by atoms with E-state index in [4.69, 9.17) is 28.4 Å². The Bertz CT molecular complexity index is 660. The van der Waals surface area contributed by atoms with Crippen LogP contribution in [0.1, 0.15) is 34.6 Å². The minimum atomic E-state index is -0.594. The van der Waals surface area contributed by atoms with Gasteiger partial charge in [-0.25, -0.2) is 4.79 Å². The van der Waals surface area contributed by atoms with E-state index in [1.807, 2.05) is 13.8 Å². The van der Waals surface area contributed by atoms with E-state index < -0.39 is 18.5 Å². The number of esters is 1. The molecule has 0 fully saturated rings. The number of carbonyl (C=O) groups is 1. The third-order valence-corrected chi connectivity index (χ3v) is 4.04. The van der Waals surface area contributed by atoms with Crippen LogP contribution in [0.25, 0.3) is 0 Å². The molecule has 7 nitrogen and oxygen atoms in total. The summed E-state index contributed by atoms with van der Waals surface area (Å²) in [7, 11) is 1.48. The van der Waals surface area contributed by atoms with Crippen LogP contribution in [-0.4, -0.2) is 38.9 Å². The molecule has 0 saturated heterocycles. The Hall–Kier alpha value is -1.52. The van der Waals surface area contributed by atoms with Crippen molar-refractivity contribution in [3.05, 3.63) is 21.8 Å². The van der Waals surface area contributed by atoms with Crippen molar-refractivity contribution in [2.24, 2.45) is 0 Å². The lowest BCUT2D eigenvalue weighted by atomic mass is 10.2. The van der Waals surface area contributed by atoms with Crippen LogP contribution in [0.5, 0.6) is 23.0 Å². The minimum Gasteiger partial charge on any atom is -0.490 e. The first-order chi connectivity index (χ1) is 12.7. The van der Waals surface area contributed by atoms with Crippen molar-refractivity contribution in [1.29, 1.82) is 0 Å². The van der Waals surface area contributed by atoms with Gasteiger partial charge in [0.2, 0.25) is 11.5 Å². The van der Waals surface area contributed by atoms with Crippen molar-refractivity contribution in [1.82, 2.24) is 0 Å². The van der Waals surface area contributed by atoms with Gasteiger partial charge in [-0.15, -0.1) is 0 Å². The van der Waals surface area contributed by atoms with Gasteiger partial charge in [-0.2, -0.15) is 0 Å². The predicted octanol–water partition coefficient (Wildman–Crippen LogP) is 4.30. The molecule has 0 aliphatic heterocycles. The van der Waals surface area contributed by atoms with Gasteiger partial charge in [0, 0.05) is 24.9 Å². The van der Waals surface area contributed by atoms with E-state index in [0.717, 1.165) is 0 Å². The highest BCUT2D eigenvalue weighted by atomic mass is 127. The Morgan fingerprint density at radius 2 is 1.59 bits per heavy atom. The van der Waals surface area contributed by atoms with Gasteiger partial charge in [-0.3, -0.25) is 0 Å². The van der Waals surface area contributed by atoms with Gasteiger partial charge >= 0.3 is 5.97 Å². The van der Waals surface area contributed by atoms with Crippen LogP contribution < -0.4 is 18.9 Å². The van der Waals surface area contributed by atoms with Crippen LogP contribution in [0, 0.1) is 3.57 Å². The van der Waals surface area contributed by atoms with Gasteiger partial charge in [0.1, 0.15) is 0 Å². The van der Waals surface area contributed by atoms with Crippen molar-refractivity contribution in [2.45, 2.75) is 47.2 Å². The van der Waals surface area contributed by atoms with E-state index in [9.17, 15) is 4.79 Å². The Morgan fingerprint density at radius 1 is 1.07 bits per heavy atom. The fraction of sp³-hybridized carbons (Fsp3) is 0.526. The summed E-state index contributed by atoms with van der Waals surface area (Å²) in [4.78, 5) is 12.0. The molecule has 1 rings (SSSR count). The summed E-state index contributed by atoms with van der Waals surface area (Å²) in [6.07, 6.45) is -1.10. The molecule has 0 bridgehead atoms. The highest BCUT2D eigenvalue weighted by Gasteiger charge is 2.26. The molecule has 27 heavy (non-hydrogen) atoms. The first-order valence-corrected chi connectivity index (χ1v) is 9.67. The van der Waals surface area contributed by atoms with Crippen molar-refractivity contribution in [3.63, 3.8) is 0 Å². The lowest BCUT2D eigenvalue weighted by molar-refractivity contribution is -0.130. The summed E-state index contributed by atoms with van der Waals surface area (Å²) in [6, 6.07) is 1.63. The standard InChI is InChI=1S/C19H27IO7/c1-8-23-12(5)25-16-14(20)10-15(27-19(21)11(3)4)17(18(16)22-7)26-13(6)24-9-2/h10,12-13H,3,8-9H2,1-2,4-7H3. The monoisotopic (exact) mass is 494 g/mol. The molecule has 0 heterocycles. The molecule has 0 radical (unpaired) electrons. The number of carbonyl (C=O) groups excluding carboxylic acids is 1. The lowest BCUT2D eigenvalue weighted by Crippen LogP contribution is -2.20. The highest BCUT2D eigenvalue weighted by molar-refractivity contribution is 14.1. The molecule has 0 spiro atoms. The summed E-state index contributed by atoms with van der Waals surface area (Å²) in [6.45, 7) is 13.4. The molecule has 0 amide bonds. The van der Waals surface area contributed by atoms with E-state index in [0.29, 0.717) is 22.5 Å². The number of hydrogen-bond acceptors (Lipinski definition) is 7. The molecule has 1 aromatic rings. The first kappa shape index (κ1) is 23.5. The van der Waals surface area contributed by atoms with Gasteiger partial charge in [0.05, 0.1) is 10.7 Å². The van der Waals surface area contributed by atoms with Crippen molar-refractivity contribution in [2.75, 3.05) is 20.3 Å². The molecule has 0 aliphatic rings. The van der Waals surface area contributed by atoms with Gasteiger partial charge in [0.25, 0.3) is 0 Å². The van der Waals surface area contributed by atoms with E-state index in [1.54, 1.807) is 26.8 Å². The topological polar surface area (TPSA) is 72.5 Å². The Balaban J connectivity index is 3.42. The second-order valence-electron chi connectivity index (χ2n) is 5.50. The van der Waals surface area contributed by atoms with Crippen molar-refractivity contribution < 1.29 is 33.2 Å². The summed E-state index contributed by atoms with van der Waals surface area (Å²) in [5.41, 5.74) is 0.262. The maximum Gasteiger partial charge on any atom is 0.338 e. The number of rotatable bonds is 11. The van der Waals surface area contributed by atoms with Gasteiger partial charge in [-0.05, 0) is 57.2 Å². The smallest absolute Gasteiger partial charge is 0.338 e. The fourth-order valence-corrected chi connectivity index (χ4v) is 2.76. The van der Waals surface area contributed by atoms with Crippen LogP contribution in [0.4, 0.5) is 0 Å². The predicted molar refractivity (Wildman–Crippen MR) is 110 cm³/mol.